The van der Waals surface area contributed by atoms with Gasteiger partial charge in [-0.25, -0.2) is 0 Å². The van der Waals surface area contributed by atoms with E-state index < -0.39 is 0 Å². The summed E-state index contributed by atoms with van der Waals surface area (Å²) in [6.45, 7) is 6.36. The van der Waals surface area contributed by atoms with Crippen LogP contribution in [0.4, 0.5) is 11.4 Å². The van der Waals surface area contributed by atoms with Gasteiger partial charge in [-0.1, -0.05) is 0 Å². The van der Waals surface area contributed by atoms with Gasteiger partial charge in [-0.15, -0.1) is 0 Å². The molecule has 2 aliphatic rings. The maximum atomic E-state index is 6.16. The van der Waals surface area contributed by atoms with E-state index in [4.69, 9.17) is 19.9 Å². The third kappa shape index (κ3) is 3.15. The summed E-state index contributed by atoms with van der Waals surface area (Å²) in [5, 5.41) is 0. The molecule has 22 heavy (non-hydrogen) atoms. The molecule has 2 aliphatic heterocycles. The molecule has 0 aromatic heterocycles. The maximum absolute atomic E-state index is 6.16. The van der Waals surface area contributed by atoms with E-state index in [0.29, 0.717) is 11.6 Å². The predicted octanol–water partition coefficient (Wildman–Crippen LogP) is 2.40. The van der Waals surface area contributed by atoms with Gasteiger partial charge in [-0.3, -0.25) is 0 Å². The summed E-state index contributed by atoms with van der Waals surface area (Å²) in [5.41, 5.74) is 9.45. The van der Waals surface area contributed by atoms with E-state index >= 15 is 0 Å². The van der Waals surface area contributed by atoms with Crippen LogP contribution in [-0.4, -0.2) is 46.1 Å². The molecule has 122 valence electrons. The van der Waals surface area contributed by atoms with Crippen molar-refractivity contribution in [2.24, 2.45) is 0 Å². The smallest absolute Gasteiger partial charge is 0.143 e. The Kier molecular flexibility index (Phi) is 4.74. The molecule has 1 atom stereocenters. The molecule has 1 aromatic rings. The first-order valence-corrected chi connectivity index (χ1v) is 8.10. The molecule has 3 rings (SSSR count). The number of morpholine rings is 1. The van der Waals surface area contributed by atoms with E-state index in [2.05, 4.69) is 24.0 Å². The van der Waals surface area contributed by atoms with Crippen molar-refractivity contribution in [3.05, 3.63) is 17.7 Å². The second-order valence-electron chi connectivity index (χ2n) is 6.17. The number of rotatable bonds is 3. The molecule has 2 heterocycles. The number of anilines is 2. The second-order valence-corrected chi connectivity index (χ2v) is 6.17. The summed E-state index contributed by atoms with van der Waals surface area (Å²) in [6.07, 6.45) is 2.36. The Bertz CT molecular complexity index is 515. The summed E-state index contributed by atoms with van der Waals surface area (Å²) in [5.74, 6) is 1.26. The lowest BCUT2D eigenvalue weighted by atomic mass is 9.89. The highest BCUT2D eigenvalue weighted by Crippen LogP contribution is 2.40. The predicted molar refractivity (Wildman–Crippen MR) is 87.8 cm³/mol. The first kappa shape index (κ1) is 15.4. The van der Waals surface area contributed by atoms with E-state index in [9.17, 15) is 0 Å². The number of benzene rings is 1. The van der Waals surface area contributed by atoms with Crippen LogP contribution in [-0.2, 0) is 9.47 Å². The Balaban J connectivity index is 1.96. The summed E-state index contributed by atoms with van der Waals surface area (Å²) >= 11 is 0. The van der Waals surface area contributed by atoms with Gasteiger partial charge in [0.2, 0.25) is 0 Å². The van der Waals surface area contributed by atoms with Crippen molar-refractivity contribution >= 4 is 11.4 Å². The minimum absolute atomic E-state index is 0.250. The van der Waals surface area contributed by atoms with Crippen molar-refractivity contribution < 1.29 is 14.2 Å². The quantitative estimate of drug-likeness (QED) is 0.869. The number of nitrogens with zero attached hydrogens (tertiary/aromatic N) is 1. The molecule has 0 spiro atoms. The molecule has 2 fully saturated rings. The van der Waals surface area contributed by atoms with Crippen molar-refractivity contribution in [1.29, 1.82) is 0 Å². The highest BCUT2D eigenvalue weighted by atomic mass is 16.5. The summed E-state index contributed by atoms with van der Waals surface area (Å²) in [7, 11) is 1.67. The van der Waals surface area contributed by atoms with E-state index in [1.54, 1.807) is 7.11 Å². The summed E-state index contributed by atoms with van der Waals surface area (Å²) in [6, 6.07) is 4.20. The average molecular weight is 306 g/mol. The van der Waals surface area contributed by atoms with Gasteiger partial charge in [0.25, 0.3) is 0 Å². The Morgan fingerprint density at radius 3 is 2.68 bits per heavy atom. The highest BCUT2D eigenvalue weighted by Gasteiger charge is 2.25. The average Bonchev–Trinajstić information content (AvgIpc) is 2.55. The Hall–Kier alpha value is -1.46. The normalized spacial score (nSPS) is 23.5. The number of nitrogen functional groups attached to an aromatic ring is 1. The van der Waals surface area contributed by atoms with Crippen LogP contribution in [0.1, 0.15) is 31.2 Å². The van der Waals surface area contributed by atoms with Gasteiger partial charge in [0, 0.05) is 38.1 Å². The third-order valence-corrected chi connectivity index (χ3v) is 4.62. The van der Waals surface area contributed by atoms with Crippen LogP contribution < -0.4 is 15.4 Å². The number of hydrogen-bond donors (Lipinski definition) is 1. The van der Waals surface area contributed by atoms with E-state index in [-0.39, 0.29) is 6.10 Å². The van der Waals surface area contributed by atoms with Crippen molar-refractivity contribution in [3.8, 4) is 5.75 Å². The van der Waals surface area contributed by atoms with Gasteiger partial charge in [0.05, 0.1) is 25.5 Å². The molecule has 0 amide bonds. The van der Waals surface area contributed by atoms with Gasteiger partial charge in [-0.2, -0.15) is 0 Å². The zero-order valence-corrected chi connectivity index (χ0v) is 13.5. The monoisotopic (exact) mass is 306 g/mol. The molecular weight excluding hydrogens is 280 g/mol. The molecule has 5 heteroatoms. The van der Waals surface area contributed by atoms with E-state index in [1.807, 2.05) is 0 Å². The number of ether oxygens (including phenoxy) is 3. The molecule has 1 aromatic carbocycles. The lowest BCUT2D eigenvalue weighted by Gasteiger charge is -2.36. The largest absolute Gasteiger partial charge is 0.495 e. The topological polar surface area (TPSA) is 57.0 Å². The molecule has 1 unspecified atom stereocenters. The van der Waals surface area contributed by atoms with Crippen LogP contribution in [0.3, 0.4) is 0 Å². The Labute approximate surface area is 132 Å². The summed E-state index contributed by atoms with van der Waals surface area (Å²) < 4.78 is 16.6. The van der Waals surface area contributed by atoms with Gasteiger partial charge >= 0.3 is 0 Å². The Morgan fingerprint density at radius 1 is 1.23 bits per heavy atom. The van der Waals surface area contributed by atoms with Crippen LogP contribution in [0.25, 0.3) is 0 Å². The van der Waals surface area contributed by atoms with Gasteiger partial charge in [0.15, 0.2) is 0 Å². The van der Waals surface area contributed by atoms with E-state index in [1.165, 1.54) is 11.3 Å². The minimum Gasteiger partial charge on any atom is -0.495 e. The van der Waals surface area contributed by atoms with Crippen molar-refractivity contribution in [2.75, 3.05) is 50.7 Å². The van der Waals surface area contributed by atoms with Gasteiger partial charge in [0.1, 0.15) is 5.75 Å². The zero-order chi connectivity index (χ0) is 15.5. The van der Waals surface area contributed by atoms with Crippen molar-refractivity contribution in [2.45, 2.75) is 31.8 Å². The third-order valence-electron chi connectivity index (χ3n) is 4.62. The lowest BCUT2D eigenvalue weighted by Crippen LogP contribution is -2.41. The molecule has 5 nitrogen and oxygen atoms in total. The molecule has 0 bridgehead atoms. The molecular formula is C17H26N2O3. The van der Waals surface area contributed by atoms with Crippen LogP contribution >= 0.6 is 0 Å². The molecule has 2 saturated heterocycles. The number of methoxy groups -OCH3 is 1. The number of nitrogens with two attached hydrogens (primary N) is 1. The van der Waals surface area contributed by atoms with Gasteiger partial charge in [-0.05, 0) is 37.3 Å². The maximum Gasteiger partial charge on any atom is 0.143 e. The van der Waals surface area contributed by atoms with Gasteiger partial charge < -0.3 is 24.8 Å². The molecule has 2 N–H and O–H groups in total. The fraction of sp³-hybridized carbons (Fsp3) is 0.647. The first-order chi connectivity index (χ1) is 10.7. The SMILES string of the molecule is COc1cc(N2CCOC(C)C2)c(C2CCOCC2)cc1N. The molecule has 0 aliphatic carbocycles. The minimum atomic E-state index is 0.250. The lowest BCUT2D eigenvalue weighted by molar-refractivity contribution is 0.0529. The van der Waals surface area contributed by atoms with Crippen LogP contribution in [0.5, 0.6) is 5.75 Å². The van der Waals surface area contributed by atoms with Crippen LogP contribution in [0, 0.1) is 0 Å². The number of hydrogen-bond acceptors (Lipinski definition) is 5. The Morgan fingerprint density at radius 2 is 2.00 bits per heavy atom. The first-order valence-electron chi connectivity index (χ1n) is 8.10. The van der Waals surface area contributed by atoms with E-state index in [0.717, 1.165) is 51.5 Å². The molecule has 0 saturated carbocycles. The summed E-state index contributed by atoms with van der Waals surface area (Å²) in [4.78, 5) is 2.40. The fourth-order valence-corrected chi connectivity index (χ4v) is 3.43. The highest BCUT2D eigenvalue weighted by molar-refractivity contribution is 5.68. The van der Waals surface area contributed by atoms with Crippen molar-refractivity contribution in [1.82, 2.24) is 0 Å². The van der Waals surface area contributed by atoms with Crippen LogP contribution in [0.2, 0.25) is 0 Å². The zero-order valence-electron chi connectivity index (χ0n) is 13.5. The van der Waals surface area contributed by atoms with Crippen molar-refractivity contribution in [3.63, 3.8) is 0 Å². The fourth-order valence-electron chi connectivity index (χ4n) is 3.43. The standard InChI is InChI=1S/C17H26N2O3/c1-12-11-19(5-8-22-12)16-10-17(20-2)15(18)9-14(16)13-3-6-21-7-4-13/h9-10,12-13H,3-8,11,18H2,1-2H3. The molecule has 0 radical (unpaired) electrons. The van der Waals surface area contributed by atoms with Crippen LogP contribution in [0.15, 0.2) is 12.1 Å². The second kappa shape index (κ2) is 6.75.